The second kappa shape index (κ2) is 4.70. The van der Waals surface area contributed by atoms with Gasteiger partial charge >= 0.3 is 0 Å². The number of hydrogen-bond donors (Lipinski definition) is 1. The lowest BCUT2D eigenvalue weighted by Gasteiger charge is -2.02. The van der Waals surface area contributed by atoms with Crippen molar-refractivity contribution in [2.45, 2.75) is 26.7 Å². The van der Waals surface area contributed by atoms with Gasteiger partial charge in [-0.2, -0.15) is 0 Å². The maximum Gasteiger partial charge on any atom is 0.222 e. The van der Waals surface area contributed by atoms with Crippen molar-refractivity contribution in [2.75, 3.05) is 11.9 Å². The molecule has 0 aliphatic heterocycles. The zero-order chi connectivity index (χ0) is 8.81. The fourth-order valence-corrected chi connectivity index (χ4v) is 0.911. The molecule has 0 amide bonds. The van der Waals surface area contributed by atoms with Crippen molar-refractivity contribution in [3.8, 4) is 0 Å². The van der Waals surface area contributed by atoms with Gasteiger partial charge in [-0.25, -0.2) is 9.97 Å². The van der Waals surface area contributed by atoms with Crippen LogP contribution in [0.1, 0.15) is 25.5 Å². The topological polar surface area (TPSA) is 37.8 Å². The minimum absolute atomic E-state index is 0.739. The first-order valence-electron chi connectivity index (χ1n) is 4.36. The van der Waals surface area contributed by atoms with Crippen LogP contribution in [-0.4, -0.2) is 16.5 Å². The fourth-order valence-electron chi connectivity index (χ4n) is 0.911. The third kappa shape index (κ3) is 2.86. The number of rotatable bonds is 4. The van der Waals surface area contributed by atoms with Crippen molar-refractivity contribution in [3.63, 3.8) is 0 Å². The van der Waals surface area contributed by atoms with Crippen LogP contribution in [0.3, 0.4) is 0 Å². The van der Waals surface area contributed by atoms with E-state index in [0.29, 0.717) is 0 Å². The average molecular weight is 165 g/mol. The van der Waals surface area contributed by atoms with Gasteiger partial charge in [-0.3, -0.25) is 0 Å². The molecule has 0 aliphatic carbocycles. The van der Waals surface area contributed by atoms with Gasteiger partial charge in [0, 0.05) is 18.4 Å². The van der Waals surface area contributed by atoms with E-state index in [1.807, 2.05) is 13.0 Å². The summed E-state index contributed by atoms with van der Waals surface area (Å²) in [6, 6.07) is 1.89. The Labute approximate surface area is 73.2 Å². The highest BCUT2D eigenvalue weighted by Crippen LogP contribution is 1.98. The van der Waals surface area contributed by atoms with Gasteiger partial charge in [-0.15, -0.1) is 0 Å². The largest absolute Gasteiger partial charge is 0.354 e. The number of aryl methyl sites for hydroxylation is 1. The maximum atomic E-state index is 4.22. The molecule has 0 radical (unpaired) electrons. The summed E-state index contributed by atoms with van der Waals surface area (Å²) in [6.07, 6.45) is 4.13. The third-order valence-corrected chi connectivity index (χ3v) is 1.61. The zero-order valence-corrected chi connectivity index (χ0v) is 7.67. The lowest BCUT2D eigenvalue weighted by molar-refractivity contribution is 0.825. The summed E-state index contributed by atoms with van der Waals surface area (Å²) in [7, 11) is 0. The van der Waals surface area contributed by atoms with Gasteiger partial charge < -0.3 is 5.32 Å². The first-order chi connectivity index (χ1) is 5.83. The number of unbranched alkanes of at least 4 members (excludes halogenated alkanes) is 1. The van der Waals surface area contributed by atoms with Crippen molar-refractivity contribution in [2.24, 2.45) is 0 Å². The molecule has 0 aromatic carbocycles. The van der Waals surface area contributed by atoms with Crippen LogP contribution in [-0.2, 0) is 0 Å². The molecule has 0 atom stereocenters. The van der Waals surface area contributed by atoms with Crippen LogP contribution in [0.25, 0.3) is 0 Å². The predicted octanol–water partition coefficient (Wildman–Crippen LogP) is 2.00. The van der Waals surface area contributed by atoms with E-state index in [-0.39, 0.29) is 0 Å². The predicted molar refractivity (Wildman–Crippen MR) is 50.2 cm³/mol. The molecule has 1 heterocycles. The van der Waals surface area contributed by atoms with E-state index < -0.39 is 0 Å². The van der Waals surface area contributed by atoms with Crippen molar-refractivity contribution >= 4 is 5.95 Å². The van der Waals surface area contributed by atoms with Crippen LogP contribution in [0.2, 0.25) is 0 Å². The minimum Gasteiger partial charge on any atom is -0.354 e. The lowest BCUT2D eigenvalue weighted by atomic mass is 10.3. The molecule has 12 heavy (non-hydrogen) atoms. The fraction of sp³-hybridized carbons (Fsp3) is 0.556. The SMILES string of the molecule is CCCCNc1nccc(C)n1. The molecular formula is C9H15N3. The number of nitrogens with zero attached hydrogens (tertiary/aromatic N) is 2. The first-order valence-corrected chi connectivity index (χ1v) is 4.36. The van der Waals surface area contributed by atoms with E-state index in [0.717, 1.165) is 24.6 Å². The third-order valence-electron chi connectivity index (χ3n) is 1.61. The molecule has 0 bridgehead atoms. The van der Waals surface area contributed by atoms with E-state index >= 15 is 0 Å². The normalized spacial score (nSPS) is 9.83. The Morgan fingerprint density at radius 3 is 3.00 bits per heavy atom. The molecule has 1 aromatic rings. The summed E-state index contributed by atoms with van der Waals surface area (Å²) >= 11 is 0. The Morgan fingerprint density at radius 2 is 2.33 bits per heavy atom. The summed E-state index contributed by atoms with van der Waals surface area (Å²) in [5, 5.41) is 3.16. The van der Waals surface area contributed by atoms with Crippen LogP contribution >= 0.6 is 0 Å². The van der Waals surface area contributed by atoms with E-state index in [4.69, 9.17) is 0 Å². The second-order valence-corrected chi connectivity index (χ2v) is 2.80. The summed E-state index contributed by atoms with van der Waals surface area (Å²) in [4.78, 5) is 8.31. The summed E-state index contributed by atoms with van der Waals surface area (Å²) in [5.41, 5.74) is 1.00. The first kappa shape index (κ1) is 8.97. The van der Waals surface area contributed by atoms with Gasteiger partial charge in [0.05, 0.1) is 0 Å². The van der Waals surface area contributed by atoms with Gasteiger partial charge in [-0.05, 0) is 19.4 Å². The van der Waals surface area contributed by atoms with Gasteiger partial charge in [0.25, 0.3) is 0 Å². The van der Waals surface area contributed by atoms with E-state index in [1.54, 1.807) is 6.20 Å². The highest BCUT2D eigenvalue weighted by Gasteiger charge is 1.92. The molecule has 0 spiro atoms. The second-order valence-electron chi connectivity index (χ2n) is 2.80. The Kier molecular flexibility index (Phi) is 3.51. The van der Waals surface area contributed by atoms with E-state index in [9.17, 15) is 0 Å². The quantitative estimate of drug-likeness (QED) is 0.693. The smallest absolute Gasteiger partial charge is 0.222 e. The zero-order valence-electron chi connectivity index (χ0n) is 7.67. The van der Waals surface area contributed by atoms with Crippen molar-refractivity contribution in [3.05, 3.63) is 18.0 Å². The molecule has 3 heteroatoms. The molecule has 1 N–H and O–H groups in total. The van der Waals surface area contributed by atoms with E-state index in [1.165, 1.54) is 6.42 Å². The van der Waals surface area contributed by atoms with Gasteiger partial charge in [0.2, 0.25) is 5.95 Å². The number of aromatic nitrogens is 2. The Morgan fingerprint density at radius 1 is 1.50 bits per heavy atom. The van der Waals surface area contributed by atoms with E-state index in [2.05, 4.69) is 22.2 Å². The Hall–Kier alpha value is -1.12. The number of hydrogen-bond acceptors (Lipinski definition) is 3. The average Bonchev–Trinajstić information content (AvgIpc) is 2.05. The summed E-state index contributed by atoms with van der Waals surface area (Å²) < 4.78 is 0. The molecule has 0 aliphatic rings. The van der Waals surface area contributed by atoms with Crippen LogP contribution in [0.4, 0.5) is 5.95 Å². The molecule has 0 saturated heterocycles. The number of anilines is 1. The monoisotopic (exact) mass is 165 g/mol. The highest BCUT2D eigenvalue weighted by atomic mass is 15.1. The van der Waals surface area contributed by atoms with Crippen molar-refractivity contribution in [1.82, 2.24) is 9.97 Å². The van der Waals surface area contributed by atoms with Crippen LogP contribution in [0.15, 0.2) is 12.3 Å². The summed E-state index contributed by atoms with van der Waals surface area (Å²) in [6.45, 7) is 5.09. The molecule has 1 aromatic heterocycles. The van der Waals surface area contributed by atoms with Gasteiger partial charge in [0.15, 0.2) is 0 Å². The molecule has 0 saturated carbocycles. The van der Waals surface area contributed by atoms with Crippen LogP contribution in [0.5, 0.6) is 0 Å². The summed E-state index contributed by atoms with van der Waals surface area (Å²) in [5.74, 6) is 0.739. The number of nitrogens with one attached hydrogen (secondary N) is 1. The maximum absolute atomic E-state index is 4.22. The van der Waals surface area contributed by atoms with Gasteiger partial charge in [-0.1, -0.05) is 13.3 Å². The minimum atomic E-state index is 0.739. The molecule has 66 valence electrons. The highest BCUT2D eigenvalue weighted by molar-refractivity contribution is 5.24. The van der Waals surface area contributed by atoms with Crippen LogP contribution < -0.4 is 5.32 Å². The molecule has 0 unspecified atom stereocenters. The lowest BCUT2D eigenvalue weighted by Crippen LogP contribution is -2.04. The van der Waals surface area contributed by atoms with Crippen molar-refractivity contribution in [1.29, 1.82) is 0 Å². The Bertz CT molecular complexity index is 235. The van der Waals surface area contributed by atoms with Gasteiger partial charge in [0.1, 0.15) is 0 Å². The molecule has 1 rings (SSSR count). The van der Waals surface area contributed by atoms with Crippen LogP contribution in [0, 0.1) is 6.92 Å². The Balaban J connectivity index is 2.41. The van der Waals surface area contributed by atoms with Crippen molar-refractivity contribution < 1.29 is 0 Å². The molecule has 3 nitrogen and oxygen atoms in total. The molecule has 0 fully saturated rings. The molecular weight excluding hydrogens is 150 g/mol. The standard InChI is InChI=1S/C9H15N3/c1-3-4-6-10-9-11-7-5-8(2)12-9/h5,7H,3-4,6H2,1-2H3,(H,10,11,12).